The van der Waals surface area contributed by atoms with Gasteiger partial charge in [-0.1, -0.05) is 12.1 Å². The number of pyridine rings is 2. The van der Waals surface area contributed by atoms with E-state index in [0.29, 0.717) is 27.1 Å². The van der Waals surface area contributed by atoms with Gasteiger partial charge in [-0.05, 0) is 61.4 Å². The number of hydrogen-bond donors (Lipinski definition) is 1. The fraction of sp³-hybridized carbons (Fsp3) is 0.130. The monoisotopic (exact) mass is 354 g/mol. The number of benzene rings is 3. The average Bonchev–Trinajstić information content (AvgIpc) is 2.65. The highest BCUT2D eigenvalue weighted by molar-refractivity contribution is 6.03. The molecular formula is C23H18N2O2. The molecule has 4 nitrogen and oxygen atoms in total. The molecule has 0 fully saturated rings. The first-order valence-corrected chi connectivity index (χ1v) is 8.93. The minimum absolute atomic E-state index is 0.00909. The van der Waals surface area contributed by atoms with Gasteiger partial charge in [0.05, 0.1) is 16.6 Å². The highest BCUT2D eigenvalue weighted by Gasteiger charge is 2.13. The summed E-state index contributed by atoms with van der Waals surface area (Å²) in [5.74, 6) is 0. The molecule has 0 bridgehead atoms. The number of hydrogen-bond acceptors (Lipinski definition) is 2. The first-order chi connectivity index (χ1) is 12.9. The van der Waals surface area contributed by atoms with Crippen molar-refractivity contribution < 1.29 is 0 Å². The van der Waals surface area contributed by atoms with Crippen LogP contribution in [0.15, 0.2) is 58.1 Å². The summed E-state index contributed by atoms with van der Waals surface area (Å²) in [7, 11) is 1.94. The lowest BCUT2D eigenvalue weighted by molar-refractivity contribution is 1.00. The van der Waals surface area contributed by atoms with Crippen molar-refractivity contribution >= 4 is 43.6 Å². The van der Waals surface area contributed by atoms with Gasteiger partial charge in [0, 0.05) is 34.1 Å². The Morgan fingerprint density at radius 2 is 1.26 bits per heavy atom. The molecule has 0 saturated carbocycles. The number of rotatable bonds is 0. The fourth-order valence-corrected chi connectivity index (χ4v) is 3.97. The quantitative estimate of drug-likeness (QED) is 0.422. The Kier molecular flexibility index (Phi) is 3.11. The van der Waals surface area contributed by atoms with E-state index in [0.717, 1.165) is 27.7 Å². The minimum Gasteiger partial charge on any atom is -0.354 e. The molecule has 0 atom stereocenters. The molecule has 0 aliphatic heterocycles. The minimum atomic E-state index is -0.0163. The zero-order valence-corrected chi connectivity index (χ0v) is 15.4. The lowest BCUT2D eigenvalue weighted by atomic mass is 10.0. The van der Waals surface area contributed by atoms with E-state index >= 15 is 0 Å². The molecule has 5 rings (SSSR count). The largest absolute Gasteiger partial charge is 0.354 e. The van der Waals surface area contributed by atoms with E-state index in [1.54, 1.807) is 0 Å². The molecule has 1 N–H and O–H groups in total. The molecule has 3 aromatic carbocycles. The second kappa shape index (κ2) is 5.30. The topological polar surface area (TPSA) is 54.9 Å². The Bertz CT molecular complexity index is 1540. The number of fused-ring (bicyclic) bond motifs is 4. The van der Waals surface area contributed by atoms with Crippen LogP contribution in [0.2, 0.25) is 0 Å². The smallest absolute Gasteiger partial charge is 0.197 e. The van der Waals surface area contributed by atoms with Gasteiger partial charge in [-0.3, -0.25) is 9.59 Å². The molecule has 0 amide bonds. The van der Waals surface area contributed by atoms with Crippen LogP contribution >= 0.6 is 0 Å². The molecule has 5 aromatic rings. The summed E-state index contributed by atoms with van der Waals surface area (Å²) in [6.45, 7) is 4.00. The zero-order valence-electron chi connectivity index (χ0n) is 15.4. The van der Waals surface area contributed by atoms with Crippen molar-refractivity contribution in [1.29, 1.82) is 0 Å². The summed E-state index contributed by atoms with van der Waals surface area (Å²) in [5.41, 5.74) is 5.27. The van der Waals surface area contributed by atoms with Crippen LogP contribution in [-0.4, -0.2) is 9.55 Å². The Morgan fingerprint density at radius 1 is 0.667 bits per heavy atom. The number of nitrogens with one attached hydrogen (secondary N) is 1. The molecular weight excluding hydrogens is 336 g/mol. The first-order valence-electron chi connectivity index (χ1n) is 8.93. The van der Waals surface area contributed by atoms with Crippen LogP contribution < -0.4 is 10.9 Å². The third-order valence-electron chi connectivity index (χ3n) is 5.43. The van der Waals surface area contributed by atoms with Crippen molar-refractivity contribution in [1.82, 2.24) is 9.55 Å². The Hall–Kier alpha value is -3.40. The molecule has 0 aliphatic carbocycles. The van der Waals surface area contributed by atoms with Gasteiger partial charge in [0.2, 0.25) is 0 Å². The first kappa shape index (κ1) is 15.8. The zero-order chi connectivity index (χ0) is 18.9. The van der Waals surface area contributed by atoms with E-state index in [2.05, 4.69) is 4.98 Å². The summed E-state index contributed by atoms with van der Waals surface area (Å²) < 4.78 is 2.00. The predicted octanol–water partition coefficient (Wildman–Crippen LogP) is 4.30. The van der Waals surface area contributed by atoms with Gasteiger partial charge in [-0.2, -0.15) is 0 Å². The predicted molar refractivity (Wildman–Crippen MR) is 112 cm³/mol. The Labute approximate surface area is 154 Å². The summed E-state index contributed by atoms with van der Waals surface area (Å²) >= 11 is 0. The summed E-state index contributed by atoms with van der Waals surface area (Å²) in [6.07, 6.45) is 0. The molecule has 0 spiro atoms. The molecule has 27 heavy (non-hydrogen) atoms. The van der Waals surface area contributed by atoms with Gasteiger partial charge in [0.25, 0.3) is 0 Å². The molecule has 2 heterocycles. The van der Waals surface area contributed by atoms with Gasteiger partial charge in [-0.15, -0.1) is 0 Å². The van der Waals surface area contributed by atoms with Gasteiger partial charge in [0.1, 0.15) is 0 Å². The SMILES string of the molecule is Cc1ccc2c(=O)c3cc4c(cc3[nH]c2c1)c(=O)c1ccc(C)cc1n4C. The van der Waals surface area contributed by atoms with Crippen LogP contribution in [0, 0.1) is 13.8 Å². The fourth-order valence-electron chi connectivity index (χ4n) is 3.97. The number of H-pyrrole nitrogens is 1. The molecule has 0 aliphatic rings. The van der Waals surface area contributed by atoms with E-state index in [-0.39, 0.29) is 10.9 Å². The van der Waals surface area contributed by atoms with E-state index < -0.39 is 0 Å². The lowest BCUT2D eigenvalue weighted by Gasteiger charge is -2.12. The van der Waals surface area contributed by atoms with E-state index in [9.17, 15) is 9.59 Å². The van der Waals surface area contributed by atoms with Crippen molar-refractivity contribution in [2.45, 2.75) is 13.8 Å². The second-order valence-electron chi connectivity index (χ2n) is 7.33. The van der Waals surface area contributed by atoms with Crippen LogP contribution in [0.5, 0.6) is 0 Å². The molecule has 0 saturated heterocycles. The standard InChI is InChI=1S/C23H18N2O2/c1-12-4-6-14-18(8-12)24-19-10-17-21(11-16(19)22(14)26)25(3)20-9-13(2)5-7-15(20)23(17)27/h4-11H,1-3H3,(H,24,26). The van der Waals surface area contributed by atoms with Crippen LogP contribution in [0.3, 0.4) is 0 Å². The summed E-state index contributed by atoms with van der Waals surface area (Å²) in [6, 6.07) is 15.3. The highest BCUT2D eigenvalue weighted by atomic mass is 16.1. The van der Waals surface area contributed by atoms with E-state index in [1.807, 2.05) is 74.0 Å². The third kappa shape index (κ3) is 2.16. The summed E-state index contributed by atoms with van der Waals surface area (Å²) in [4.78, 5) is 29.5. The van der Waals surface area contributed by atoms with Crippen molar-refractivity contribution in [3.05, 3.63) is 80.1 Å². The molecule has 4 heteroatoms. The van der Waals surface area contributed by atoms with Crippen LogP contribution in [0.25, 0.3) is 43.6 Å². The maximum absolute atomic E-state index is 13.1. The maximum atomic E-state index is 13.1. The molecule has 132 valence electrons. The van der Waals surface area contributed by atoms with Gasteiger partial charge < -0.3 is 9.55 Å². The normalized spacial score (nSPS) is 11.8. The number of aryl methyl sites for hydroxylation is 3. The van der Waals surface area contributed by atoms with Crippen LogP contribution in [0.4, 0.5) is 0 Å². The number of aromatic amines is 1. The Balaban J connectivity index is 2.04. The third-order valence-corrected chi connectivity index (χ3v) is 5.43. The lowest BCUT2D eigenvalue weighted by Crippen LogP contribution is -2.11. The second-order valence-corrected chi connectivity index (χ2v) is 7.33. The summed E-state index contributed by atoms with van der Waals surface area (Å²) in [5, 5.41) is 2.56. The number of nitrogens with zero attached hydrogens (tertiary/aromatic N) is 1. The molecule has 2 aromatic heterocycles. The maximum Gasteiger partial charge on any atom is 0.197 e. The van der Waals surface area contributed by atoms with Crippen molar-refractivity contribution in [2.75, 3.05) is 0 Å². The van der Waals surface area contributed by atoms with Crippen molar-refractivity contribution in [3.8, 4) is 0 Å². The van der Waals surface area contributed by atoms with Crippen molar-refractivity contribution in [2.24, 2.45) is 7.05 Å². The molecule has 0 radical (unpaired) electrons. The highest BCUT2D eigenvalue weighted by Crippen LogP contribution is 2.24. The van der Waals surface area contributed by atoms with Gasteiger partial charge in [-0.25, -0.2) is 0 Å². The van der Waals surface area contributed by atoms with Gasteiger partial charge in [0.15, 0.2) is 10.9 Å². The molecule has 0 unspecified atom stereocenters. The average molecular weight is 354 g/mol. The Morgan fingerprint density at radius 3 is 2.04 bits per heavy atom. The van der Waals surface area contributed by atoms with E-state index in [1.165, 1.54) is 0 Å². The number of aromatic nitrogens is 2. The van der Waals surface area contributed by atoms with Gasteiger partial charge >= 0.3 is 0 Å². The van der Waals surface area contributed by atoms with Crippen molar-refractivity contribution in [3.63, 3.8) is 0 Å². The van der Waals surface area contributed by atoms with E-state index in [4.69, 9.17) is 0 Å². The van der Waals surface area contributed by atoms with Crippen LogP contribution in [0.1, 0.15) is 11.1 Å². The van der Waals surface area contributed by atoms with Crippen LogP contribution in [-0.2, 0) is 7.05 Å².